The van der Waals surface area contributed by atoms with Crippen molar-refractivity contribution >= 4 is 44.2 Å². The van der Waals surface area contributed by atoms with Gasteiger partial charge in [0.05, 0.1) is 21.7 Å². The van der Waals surface area contributed by atoms with Gasteiger partial charge >= 0.3 is 5.97 Å². The van der Waals surface area contributed by atoms with E-state index in [1.54, 1.807) is 66.7 Å². The van der Waals surface area contributed by atoms with E-state index in [-0.39, 0.29) is 10.5 Å². The molecule has 4 aromatic rings. The van der Waals surface area contributed by atoms with Crippen molar-refractivity contribution in [3.63, 3.8) is 0 Å². The Bertz CT molecular complexity index is 1400. The van der Waals surface area contributed by atoms with Crippen LogP contribution in [0, 0.1) is 6.92 Å². The molecule has 0 radical (unpaired) electrons. The fourth-order valence-corrected chi connectivity index (χ4v) is 4.39. The summed E-state index contributed by atoms with van der Waals surface area (Å²) in [6.07, 6.45) is 0. The zero-order valence-corrected chi connectivity index (χ0v) is 17.9. The molecule has 8 heteroatoms. The van der Waals surface area contributed by atoms with Crippen molar-refractivity contribution in [1.29, 1.82) is 0 Å². The third kappa shape index (κ3) is 4.38. The molecule has 1 heterocycles. The number of hydrogen-bond donors (Lipinski definition) is 2. The number of nitrogens with zero attached hydrogens (tertiary/aromatic N) is 1. The molecule has 0 saturated heterocycles. The lowest BCUT2D eigenvalue weighted by Crippen LogP contribution is -2.12. The summed E-state index contributed by atoms with van der Waals surface area (Å²) in [7, 11) is -3.71. The van der Waals surface area contributed by atoms with Crippen molar-refractivity contribution in [2.75, 3.05) is 4.72 Å². The van der Waals surface area contributed by atoms with Crippen LogP contribution in [-0.2, 0) is 10.0 Å². The van der Waals surface area contributed by atoms with Crippen LogP contribution in [0.1, 0.15) is 15.9 Å². The van der Waals surface area contributed by atoms with Crippen LogP contribution in [0.3, 0.4) is 0 Å². The van der Waals surface area contributed by atoms with Gasteiger partial charge in [-0.2, -0.15) is 0 Å². The highest BCUT2D eigenvalue weighted by Gasteiger charge is 2.15. The molecule has 0 aliphatic rings. The van der Waals surface area contributed by atoms with E-state index in [2.05, 4.69) is 9.71 Å². The summed E-state index contributed by atoms with van der Waals surface area (Å²) in [6.45, 7) is 1.88. The minimum Gasteiger partial charge on any atom is -0.478 e. The van der Waals surface area contributed by atoms with Gasteiger partial charge in [0.15, 0.2) is 0 Å². The van der Waals surface area contributed by atoms with Crippen LogP contribution in [0.25, 0.3) is 22.2 Å². The Balaban J connectivity index is 1.67. The topological polar surface area (TPSA) is 96.4 Å². The predicted octanol–water partition coefficient (Wildman–Crippen LogP) is 5.36. The number of carboxylic acid groups (broad SMARTS) is 1. The molecule has 156 valence electrons. The number of nitrogens with one attached hydrogen (secondary N) is 1. The lowest BCUT2D eigenvalue weighted by atomic mass is 10.0. The molecule has 0 aliphatic heterocycles. The lowest BCUT2D eigenvalue weighted by molar-refractivity contribution is 0.0699. The monoisotopic (exact) mass is 452 g/mol. The van der Waals surface area contributed by atoms with Gasteiger partial charge in [0, 0.05) is 21.7 Å². The molecule has 0 fully saturated rings. The van der Waals surface area contributed by atoms with E-state index in [0.717, 1.165) is 5.56 Å². The molecule has 31 heavy (non-hydrogen) atoms. The Hall–Kier alpha value is -3.42. The highest BCUT2D eigenvalue weighted by atomic mass is 35.5. The third-order valence-corrected chi connectivity index (χ3v) is 6.40. The maximum Gasteiger partial charge on any atom is 0.336 e. The Morgan fingerprint density at radius 2 is 1.65 bits per heavy atom. The third-order valence-electron chi connectivity index (χ3n) is 4.77. The summed E-state index contributed by atoms with van der Waals surface area (Å²) in [5.41, 5.74) is 3.05. The van der Waals surface area contributed by atoms with Gasteiger partial charge in [0.1, 0.15) is 0 Å². The Morgan fingerprint density at radius 3 is 2.29 bits per heavy atom. The smallest absolute Gasteiger partial charge is 0.336 e. The quantitative estimate of drug-likeness (QED) is 0.424. The van der Waals surface area contributed by atoms with Crippen molar-refractivity contribution in [2.45, 2.75) is 11.8 Å². The van der Waals surface area contributed by atoms with E-state index in [1.165, 1.54) is 6.07 Å². The average molecular weight is 453 g/mol. The van der Waals surface area contributed by atoms with Crippen molar-refractivity contribution < 1.29 is 18.3 Å². The second-order valence-electron chi connectivity index (χ2n) is 7.02. The minimum atomic E-state index is -3.71. The molecule has 0 amide bonds. The fraction of sp³-hybridized carbons (Fsp3) is 0.0435. The van der Waals surface area contributed by atoms with Crippen LogP contribution in [0.5, 0.6) is 0 Å². The summed E-state index contributed by atoms with van der Waals surface area (Å²) in [6, 6.07) is 19.5. The Labute approximate surface area is 184 Å². The Kier molecular flexibility index (Phi) is 5.39. The molecular formula is C23H17ClN2O4S. The zero-order chi connectivity index (χ0) is 22.2. The second-order valence-corrected chi connectivity index (χ2v) is 9.14. The van der Waals surface area contributed by atoms with Crippen LogP contribution in [-0.4, -0.2) is 24.5 Å². The van der Waals surface area contributed by atoms with Crippen molar-refractivity contribution in [3.05, 3.63) is 88.9 Å². The summed E-state index contributed by atoms with van der Waals surface area (Å²) >= 11 is 6.00. The highest BCUT2D eigenvalue weighted by Crippen LogP contribution is 2.28. The zero-order valence-electron chi connectivity index (χ0n) is 16.3. The summed E-state index contributed by atoms with van der Waals surface area (Å²) in [5.74, 6) is -1.08. The number of fused-ring (bicyclic) bond motifs is 1. The Morgan fingerprint density at radius 1 is 0.968 bits per heavy atom. The summed E-state index contributed by atoms with van der Waals surface area (Å²) < 4.78 is 27.7. The normalized spacial score (nSPS) is 11.4. The van der Waals surface area contributed by atoms with Crippen molar-refractivity contribution in [3.8, 4) is 11.3 Å². The average Bonchev–Trinajstić information content (AvgIpc) is 2.73. The molecule has 0 unspecified atom stereocenters. The maximum atomic E-state index is 12.6. The number of aromatic carboxylic acids is 1. The number of carboxylic acids is 1. The first kappa shape index (κ1) is 20.8. The predicted molar refractivity (Wildman–Crippen MR) is 121 cm³/mol. The van der Waals surface area contributed by atoms with E-state index < -0.39 is 16.0 Å². The van der Waals surface area contributed by atoms with Gasteiger partial charge in [-0.1, -0.05) is 41.4 Å². The van der Waals surface area contributed by atoms with Crippen molar-refractivity contribution in [1.82, 2.24) is 4.98 Å². The first-order valence-electron chi connectivity index (χ1n) is 9.26. The van der Waals surface area contributed by atoms with E-state index in [4.69, 9.17) is 11.6 Å². The highest BCUT2D eigenvalue weighted by molar-refractivity contribution is 7.92. The molecule has 0 atom stereocenters. The number of aryl methyl sites for hydroxylation is 1. The van der Waals surface area contributed by atoms with Crippen LogP contribution in [0.4, 0.5) is 5.69 Å². The number of anilines is 1. The molecular weight excluding hydrogens is 436 g/mol. The largest absolute Gasteiger partial charge is 0.478 e. The van der Waals surface area contributed by atoms with E-state index in [9.17, 15) is 18.3 Å². The van der Waals surface area contributed by atoms with Gasteiger partial charge in [-0.05, 0) is 55.5 Å². The molecule has 0 spiro atoms. The molecule has 0 bridgehead atoms. The minimum absolute atomic E-state index is 0.0895. The van der Waals surface area contributed by atoms with Gasteiger partial charge in [0.25, 0.3) is 10.0 Å². The molecule has 0 aliphatic carbocycles. The number of carbonyl (C=O) groups is 1. The van der Waals surface area contributed by atoms with Crippen LogP contribution in [0.2, 0.25) is 5.02 Å². The molecule has 2 N–H and O–H groups in total. The van der Waals surface area contributed by atoms with Crippen LogP contribution >= 0.6 is 11.6 Å². The molecule has 1 aromatic heterocycles. The molecule has 3 aromatic carbocycles. The summed E-state index contributed by atoms with van der Waals surface area (Å²) in [5, 5.41) is 10.5. The van der Waals surface area contributed by atoms with E-state index in [1.807, 2.05) is 6.92 Å². The standard InChI is InChI=1S/C23H17ClN2O4S/c1-14-2-9-18(10-3-14)31(29,30)26-17-7-4-15(5-8-17)22-13-20(23(27)28)19-12-16(24)6-11-21(19)25-22/h2-13,26H,1H3,(H,27,28). The first-order valence-corrected chi connectivity index (χ1v) is 11.1. The van der Waals surface area contributed by atoms with E-state index in [0.29, 0.717) is 32.9 Å². The van der Waals surface area contributed by atoms with Crippen LogP contribution in [0.15, 0.2) is 77.7 Å². The first-order chi connectivity index (χ1) is 14.7. The summed E-state index contributed by atoms with van der Waals surface area (Å²) in [4.78, 5) is 16.4. The van der Waals surface area contributed by atoms with Gasteiger partial charge < -0.3 is 5.11 Å². The SMILES string of the molecule is Cc1ccc(S(=O)(=O)Nc2ccc(-c3cc(C(=O)O)c4cc(Cl)ccc4n3)cc2)cc1. The number of hydrogen-bond acceptors (Lipinski definition) is 4. The molecule has 6 nitrogen and oxygen atoms in total. The number of sulfonamides is 1. The number of pyridine rings is 1. The molecule has 0 saturated carbocycles. The number of rotatable bonds is 5. The van der Waals surface area contributed by atoms with Gasteiger partial charge in [-0.15, -0.1) is 0 Å². The van der Waals surface area contributed by atoms with Gasteiger partial charge in [0.2, 0.25) is 0 Å². The van der Waals surface area contributed by atoms with Gasteiger partial charge in [-0.3, -0.25) is 4.72 Å². The maximum absolute atomic E-state index is 12.6. The fourth-order valence-electron chi connectivity index (χ4n) is 3.16. The number of halogens is 1. The number of aromatic nitrogens is 1. The lowest BCUT2D eigenvalue weighted by Gasteiger charge is -2.10. The van der Waals surface area contributed by atoms with E-state index >= 15 is 0 Å². The number of benzene rings is 3. The van der Waals surface area contributed by atoms with Crippen LogP contribution < -0.4 is 4.72 Å². The molecule has 4 rings (SSSR count). The van der Waals surface area contributed by atoms with Gasteiger partial charge in [-0.25, -0.2) is 18.2 Å². The van der Waals surface area contributed by atoms with Crippen molar-refractivity contribution in [2.24, 2.45) is 0 Å². The second kappa shape index (κ2) is 8.02.